The molecule has 1 aromatic carbocycles. The van der Waals surface area contributed by atoms with Crippen LogP contribution in [0.4, 0.5) is 5.69 Å². The number of fused-ring (bicyclic) bond motifs is 5. The topological polar surface area (TPSA) is 60.0 Å². The van der Waals surface area contributed by atoms with Gasteiger partial charge in [0.05, 0.1) is 13.2 Å². The molecule has 1 saturated carbocycles. The van der Waals surface area contributed by atoms with E-state index < -0.39 is 16.9 Å². The van der Waals surface area contributed by atoms with Crippen LogP contribution < -0.4 is 10.1 Å². The van der Waals surface area contributed by atoms with Gasteiger partial charge in [0.15, 0.2) is 11.5 Å². The van der Waals surface area contributed by atoms with Crippen LogP contribution >= 0.6 is 0 Å². The lowest BCUT2D eigenvalue weighted by molar-refractivity contribution is -0.183. The third-order valence-electron chi connectivity index (χ3n) is 5.19. The number of rotatable bonds is 1. The van der Waals surface area contributed by atoms with Crippen molar-refractivity contribution in [1.82, 2.24) is 0 Å². The average molecular weight is 291 g/mol. The van der Waals surface area contributed by atoms with Gasteiger partial charge in [0.1, 0.15) is 11.9 Å². The molecule has 3 aliphatic rings. The molecule has 1 aromatic rings. The van der Waals surface area contributed by atoms with Gasteiger partial charge in [-0.15, -0.1) is 0 Å². The van der Waals surface area contributed by atoms with E-state index in [-0.39, 0.29) is 12.2 Å². The molecule has 0 radical (unpaired) electrons. The van der Waals surface area contributed by atoms with Gasteiger partial charge in [-0.1, -0.05) is 6.92 Å². The van der Waals surface area contributed by atoms with Crippen molar-refractivity contribution in [1.29, 1.82) is 0 Å². The summed E-state index contributed by atoms with van der Waals surface area (Å²) >= 11 is 0. The fraction of sp³-hybridized carbons (Fsp3) is 0.625. The Balaban J connectivity index is 1.80. The van der Waals surface area contributed by atoms with E-state index in [4.69, 9.17) is 14.2 Å². The van der Waals surface area contributed by atoms with Gasteiger partial charge >= 0.3 is 0 Å². The zero-order valence-corrected chi connectivity index (χ0v) is 12.8. The van der Waals surface area contributed by atoms with Crippen LogP contribution in [0.25, 0.3) is 0 Å². The predicted molar refractivity (Wildman–Crippen MR) is 77.4 cm³/mol. The number of aliphatic hydroxyl groups is 1. The zero-order chi connectivity index (χ0) is 15.0. The van der Waals surface area contributed by atoms with Gasteiger partial charge in [0.2, 0.25) is 0 Å². The maximum atomic E-state index is 11.3. The normalized spacial score (nSPS) is 42.1. The maximum absolute atomic E-state index is 11.3. The second-order valence-corrected chi connectivity index (χ2v) is 6.93. The summed E-state index contributed by atoms with van der Waals surface area (Å²) in [6.45, 7) is 5.83. The molecule has 5 heteroatoms. The van der Waals surface area contributed by atoms with E-state index >= 15 is 0 Å². The summed E-state index contributed by atoms with van der Waals surface area (Å²) in [5.74, 6) is 0.140. The Morgan fingerprint density at radius 3 is 2.76 bits per heavy atom. The minimum Gasteiger partial charge on any atom is -0.497 e. The molecule has 1 aliphatic carbocycles. The van der Waals surface area contributed by atoms with Crippen LogP contribution in [0.2, 0.25) is 0 Å². The van der Waals surface area contributed by atoms with Gasteiger partial charge < -0.3 is 24.6 Å². The summed E-state index contributed by atoms with van der Waals surface area (Å²) in [7, 11) is 1.65. The van der Waals surface area contributed by atoms with E-state index in [1.807, 2.05) is 32.0 Å². The van der Waals surface area contributed by atoms with Crippen LogP contribution in [0.5, 0.6) is 5.75 Å². The number of benzene rings is 1. The Morgan fingerprint density at radius 2 is 2.05 bits per heavy atom. The van der Waals surface area contributed by atoms with Crippen LogP contribution in [0, 0.1) is 0 Å². The van der Waals surface area contributed by atoms with Crippen molar-refractivity contribution in [2.45, 2.75) is 56.3 Å². The lowest BCUT2D eigenvalue weighted by atomic mass is 9.77. The molecular weight excluding hydrogens is 270 g/mol. The quantitative estimate of drug-likeness (QED) is 0.828. The first kappa shape index (κ1) is 13.4. The van der Waals surface area contributed by atoms with Gasteiger partial charge in [-0.05, 0) is 44.0 Å². The number of anilines is 1. The lowest BCUT2D eigenvalue weighted by Gasteiger charge is -2.37. The van der Waals surface area contributed by atoms with E-state index in [0.717, 1.165) is 17.0 Å². The molecule has 2 fully saturated rings. The van der Waals surface area contributed by atoms with Crippen LogP contribution in [-0.2, 0) is 14.9 Å². The zero-order valence-electron chi connectivity index (χ0n) is 12.8. The molecular formula is C16H21NO4. The van der Waals surface area contributed by atoms with Gasteiger partial charge in [-0.25, -0.2) is 0 Å². The minimum atomic E-state index is -1.15. The number of hydrogen-bond donors (Lipinski definition) is 2. The molecule has 0 spiro atoms. The highest BCUT2D eigenvalue weighted by molar-refractivity contribution is 5.67. The molecule has 1 saturated heterocycles. The Kier molecular flexibility index (Phi) is 2.37. The summed E-state index contributed by atoms with van der Waals surface area (Å²) in [4.78, 5) is 0. The molecule has 21 heavy (non-hydrogen) atoms. The number of methoxy groups -OCH3 is 1. The summed E-state index contributed by atoms with van der Waals surface area (Å²) in [6, 6.07) is 5.84. The molecule has 114 valence electrons. The second-order valence-electron chi connectivity index (χ2n) is 6.93. The minimum absolute atomic E-state index is 0.109. The van der Waals surface area contributed by atoms with Crippen molar-refractivity contribution in [3.05, 3.63) is 23.8 Å². The third-order valence-corrected chi connectivity index (χ3v) is 5.19. The fourth-order valence-corrected chi connectivity index (χ4v) is 4.16. The van der Waals surface area contributed by atoms with Crippen molar-refractivity contribution in [3.63, 3.8) is 0 Å². The van der Waals surface area contributed by atoms with Gasteiger partial charge in [-0.3, -0.25) is 0 Å². The maximum Gasteiger partial charge on any atom is 0.174 e. The monoisotopic (exact) mass is 291 g/mol. The Bertz CT molecular complexity index is 616. The van der Waals surface area contributed by atoms with E-state index in [2.05, 4.69) is 12.2 Å². The van der Waals surface area contributed by atoms with Gasteiger partial charge in [0, 0.05) is 11.1 Å². The van der Waals surface area contributed by atoms with Crippen molar-refractivity contribution in [2.75, 3.05) is 12.4 Å². The molecule has 2 aliphatic heterocycles. The average Bonchev–Trinajstić information content (AvgIpc) is 2.90. The highest BCUT2D eigenvalue weighted by Crippen LogP contribution is 2.60. The second kappa shape index (κ2) is 3.72. The fourth-order valence-electron chi connectivity index (χ4n) is 4.16. The molecule has 0 aromatic heterocycles. The first-order valence-corrected chi connectivity index (χ1v) is 7.34. The van der Waals surface area contributed by atoms with Gasteiger partial charge in [0.25, 0.3) is 0 Å². The van der Waals surface area contributed by atoms with Crippen molar-refractivity contribution < 1.29 is 19.3 Å². The standard InChI is InChI=1S/C16H21NO4/c1-14(2)20-12-8-15(3)10-7-9(19-4)5-6-11(10)17-16(15,18)13(12)21-14/h5-7,12-13,17-18H,8H2,1-4H3/t12-,13-,15+,16-/m0/s1. The first-order chi connectivity index (χ1) is 9.79. The third kappa shape index (κ3) is 1.51. The van der Waals surface area contributed by atoms with Crippen LogP contribution in [0.1, 0.15) is 32.8 Å². The van der Waals surface area contributed by atoms with Crippen LogP contribution in [0.3, 0.4) is 0 Å². The number of hydrogen-bond acceptors (Lipinski definition) is 5. The summed E-state index contributed by atoms with van der Waals surface area (Å²) in [5, 5.41) is 14.6. The summed E-state index contributed by atoms with van der Waals surface area (Å²) in [5.41, 5.74) is 0.388. The summed E-state index contributed by atoms with van der Waals surface area (Å²) < 4.78 is 17.3. The Hall–Kier alpha value is -1.30. The van der Waals surface area contributed by atoms with Gasteiger partial charge in [-0.2, -0.15) is 0 Å². The van der Waals surface area contributed by atoms with E-state index in [1.54, 1.807) is 7.11 Å². The first-order valence-electron chi connectivity index (χ1n) is 7.34. The molecule has 4 atom stereocenters. The molecule has 0 amide bonds. The SMILES string of the molecule is COc1ccc2c(c1)[C@@]1(C)C[C@@H]3OC(C)(C)O[C@@H]3[C@@]1(O)N2. The summed E-state index contributed by atoms with van der Waals surface area (Å²) in [6.07, 6.45) is 0.225. The molecule has 5 nitrogen and oxygen atoms in total. The predicted octanol–water partition coefficient (Wildman–Crippen LogP) is 1.99. The highest BCUT2D eigenvalue weighted by Gasteiger charge is 2.70. The molecule has 2 heterocycles. The smallest absolute Gasteiger partial charge is 0.174 e. The number of nitrogens with one attached hydrogen (secondary N) is 1. The molecule has 0 bridgehead atoms. The largest absolute Gasteiger partial charge is 0.497 e. The molecule has 2 N–H and O–H groups in total. The van der Waals surface area contributed by atoms with Crippen molar-refractivity contribution in [3.8, 4) is 5.75 Å². The lowest BCUT2D eigenvalue weighted by Crippen LogP contribution is -2.55. The Morgan fingerprint density at radius 1 is 1.29 bits per heavy atom. The van der Waals surface area contributed by atoms with Crippen LogP contribution in [0.15, 0.2) is 18.2 Å². The van der Waals surface area contributed by atoms with Crippen LogP contribution in [-0.4, -0.2) is 35.9 Å². The van der Waals surface area contributed by atoms with E-state index in [9.17, 15) is 5.11 Å². The van der Waals surface area contributed by atoms with E-state index in [0.29, 0.717) is 6.42 Å². The van der Waals surface area contributed by atoms with Crippen molar-refractivity contribution in [2.24, 2.45) is 0 Å². The highest BCUT2D eigenvalue weighted by atomic mass is 16.8. The Labute approximate surface area is 124 Å². The number of ether oxygens (including phenoxy) is 3. The van der Waals surface area contributed by atoms with E-state index in [1.165, 1.54) is 0 Å². The molecule has 0 unspecified atom stereocenters. The molecule has 4 rings (SSSR count). The van der Waals surface area contributed by atoms with Crippen molar-refractivity contribution >= 4 is 5.69 Å².